The first-order valence-electron chi connectivity index (χ1n) is 11.9. The monoisotopic (exact) mass is 406 g/mol. The number of piperidine rings is 2. The molecule has 2 aliphatic heterocycles. The van der Waals surface area contributed by atoms with E-state index in [0.29, 0.717) is 12.1 Å². The summed E-state index contributed by atoms with van der Waals surface area (Å²) in [5.41, 5.74) is 2.89. The van der Waals surface area contributed by atoms with Crippen LogP contribution in [0.1, 0.15) is 50.7 Å². The normalized spacial score (nSPS) is 20.0. The van der Waals surface area contributed by atoms with Crippen molar-refractivity contribution in [3.8, 4) is 5.75 Å². The molecule has 162 valence electrons. The Labute approximate surface area is 183 Å². The maximum Gasteiger partial charge on any atom is 0.119 e. The lowest BCUT2D eigenvalue weighted by Gasteiger charge is -2.34. The number of hydrogen-bond acceptors (Lipinski definition) is 3. The molecule has 0 spiro atoms. The Morgan fingerprint density at radius 3 is 2.10 bits per heavy atom. The fraction of sp³-hybridized carbons (Fsp3) is 0.556. The number of likely N-dealkylation sites (tertiary alicyclic amines) is 2. The largest absolute Gasteiger partial charge is 0.490 e. The van der Waals surface area contributed by atoms with Crippen molar-refractivity contribution in [2.45, 2.75) is 64.6 Å². The molecule has 2 saturated heterocycles. The van der Waals surface area contributed by atoms with Gasteiger partial charge in [0, 0.05) is 25.7 Å². The predicted molar refractivity (Wildman–Crippen MR) is 125 cm³/mol. The van der Waals surface area contributed by atoms with Gasteiger partial charge in [-0.25, -0.2) is 0 Å². The molecule has 3 heteroatoms. The van der Waals surface area contributed by atoms with E-state index in [4.69, 9.17) is 4.74 Å². The molecule has 3 nitrogen and oxygen atoms in total. The van der Waals surface area contributed by atoms with Crippen LogP contribution in [0.4, 0.5) is 0 Å². The molecule has 4 rings (SSSR count). The van der Waals surface area contributed by atoms with Gasteiger partial charge in [-0.2, -0.15) is 0 Å². The van der Waals surface area contributed by atoms with E-state index in [-0.39, 0.29) is 0 Å². The number of hydrogen-bond donors (Lipinski definition) is 0. The van der Waals surface area contributed by atoms with Crippen LogP contribution in [0.15, 0.2) is 54.6 Å². The smallest absolute Gasteiger partial charge is 0.119 e. The van der Waals surface area contributed by atoms with Gasteiger partial charge in [0.05, 0.1) is 0 Å². The summed E-state index contributed by atoms with van der Waals surface area (Å²) in [5.74, 6) is 1.85. The van der Waals surface area contributed by atoms with E-state index in [9.17, 15) is 0 Å². The van der Waals surface area contributed by atoms with E-state index in [1.54, 1.807) is 0 Å². The summed E-state index contributed by atoms with van der Waals surface area (Å²) in [5, 5.41) is 0. The van der Waals surface area contributed by atoms with Crippen LogP contribution in [-0.2, 0) is 13.0 Å². The van der Waals surface area contributed by atoms with Crippen LogP contribution in [0.2, 0.25) is 0 Å². The molecule has 30 heavy (non-hydrogen) atoms. The summed E-state index contributed by atoms with van der Waals surface area (Å²) < 4.78 is 6.27. The quantitative estimate of drug-likeness (QED) is 0.613. The lowest BCUT2D eigenvalue weighted by molar-refractivity contribution is 0.0843. The average molecular weight is 407 g/mol. The Bertz CT molecular complexity index is 742. The summed E-state index contributed by atoms with van der Waals surface area (Å²) >= 11 is 0. The maximum atomic E-state index is 6.27. The van der Waals surface area contributed by atoms with Gasteiger partial charge in [-0.3, -0.25) is 4.90 Å². The predicted octanol–water partition coefficient (Wildman–Crippen LogP) is 5.39. The van der Waals surface area contributed by atoms with Gasteiger partial charge in [-0.15, -0.1) is 0 Å². The Kier molecular flexibility index (Phi) is 7.46. The molecule has 2 aromatic rings. The lowest BCUT2D eigenvalue weighted by Crippen LogP contribution is -2.41. The number of nitrogens with zero attached hydrogens (tertiary/aromatic N) is 2. The van der Waals surface area contributed by atoms with Crippen LogP contribution in [0.25, 0.3) is 0 Å². The number of benzene rings is 2. The molecule has 0 unspecified atom stereocenters. The SMILES string of the molecule is CC(C)N1CCC(Oc2ccc(CC3CCN(Cc4ccccc4)CC3)cc2)CC1. The van der Waals surface area contributed by atoms with E-state index < -0.39 is 0 Å². The first-order valence-corrected chi connectivity index (χ1v) is 11.9. The molecule has 0 N–H and O–H groups in total. The zero-order valence-corrected chi connectivity index (χ0v) is 18.8. The average Bonchev–Trinajstić information content (AvgIpc) is 2.78. The van der Waals surface area contributed by atoms with Gasteiger partial charge in [0.15, 0.2) is 0 Å². The van der Waals surface area contributed by atoms with Crippen molar-refractivity contribution >= 4 is 0 Å². The van der Waals surface area contributed by atoms with Crippen molar-refractivity contribution in [1.29, 1.82) is 0 Å². The first kappa shape index (κ1) is 21.4. The molecule has 0 amide bonds. The zero-order valence-electron chi connectivity index (χ0n) is 18.8. The van der Waals surface area contributed by atoms with E-state index in [1.165, 1.54) is 43.5 Å². The lowest BCUT2D eigenvalue weighted by atomic mass is 9.90. The minimum atomic E-state index is 0.375. The minimum Gasteiger partial charge on any atom is -0.490 e. The van der Waals surface area contributed by atoms with Gasteiger partial charge in [0.2, 0.25) is 0 Å². The van der Waals surface area contributed by atoms with Crippen LogP contribution in [0.3, 0.4) is 0 Å². The molecular formula is C27H38N2O. The van der Waals surface area contributed by atoms with Crippen molar-refractivity contribution in [3.63, 3.8) is 0 Å². The van der Waals surface area contributed by atoms with Crippen LogP contribution >= 0.6 is 0 Å². The Morgan fingerprint density at radius 2 is 1.47 bits per heavy atom. The molecule has 0 aliphatic carbocycles. The highest BCUT2D eigenvalue weighted by Crippen LogP contribution is 2.25. The van der Waals surface area contributed by atoms with Crippen molar-refractivity contribution < 1.29 is 4.74 Å². The third-order valence-electron chi connectivity index (χ3n) is 6.91. The van der Waals surface area contributed by atoms with Crippen molar-refractivity contribution in [2.75, 3.05) is 26.2 Å². The summed E-state index contributed by atoms with van der Waals surface area (Å²) in [4.78, 5) is 5.15. The third kappa shape index (κ3) is 6.09. The second-order valence-electron chi connectivity index (χ2n) is 9.50. The first-order chi connectivity index (χ1) is 14.7. The maximum absolute atomic E-state index is 6.27. The van der Waals surface area contributed by atoms with Crippen LogP contribution in [0.5, 0.6) is 5.75 Å². The molecule has 0 saturated carbocycles. The van der Waals surface area contributed by atoms with Crippen molar-refractivity contribution in [1.82, 2.24) is 9.80 Å². The van der Waals surface area contributed by atoms with Gasteiger partial charge >= 0.3 is 0 Å². The van der Waals surface area contributed by atoms with Gasteiger partial charge < -0.3 is 9.64 Å². The fourth-order valence-electron chi connectivity index (χ4n) is 4.93. The molecule has 0 aromatic heterocycles. The molecule has 2 aliphatic rings. The fourth-order valence-corrected chi connectivity index (χ4v) is 4.93. The highest BCUT2D eigenvalue weighted by molar-refractivity contribution is 5.28. The summed E-state index contributed by atoms with van der Waals surface area (Å²) in [6.07, 6.45) is 6.47. The topological polar surface area (TPSA) is 15.7 Å². The Balaban J connectivity index is 1.19. The zero-order chi connectivity index (χ0) is 20.8. The van der Waals surface area contributed by atoms with E-state index in [2.05, 4.69) is 78.2 Å². The van der Waals surface area contributed by atoms with E-state index in [0.717, 1.165) is 44.1 Å². The van der Waals surface area contributed by atoms with E-state index in [1.807, 2.05) is 0 Å². The highest BCUT2D eigenvalue weighted by atomic mass is 16.5. The molecule has 2 heterocycles. The Morgan fingerprint density at radius 1 is 0.800 bits per heavy atom. The summed E-state index contributed by atoms with van der Waals surface area (Å²) in [7, 11) is 0. The standard InChI is InChI=1S/C27H38N2O/c1-22(2)29-18-14-27(15-19-29)30-26-10-8-23(9-11-26)20-24-12-16-28(17-13-24)21-25-6-4-3-5-7-25/h3-11,22,24,27H,12-21H2,1-2H3. The molecule has 0 atom stereocenters. The third-order valence-corrected chi connectivity index (χ3v) is 6.91. The van der Waals surface area contributed by atoms with Crippen molar-refractivity contribution in [3.05, 3.63) is 65.7 Å². The highest BCUT2D eigenvalue weighted by Gasteiger charge is 2.22. The number of ether oxygens (including phenoxy) is 1. The van der Waals surface area contributed by atoms with Crippen LogP contribution in [0, 0.1) is 5.92 Å². The minimum absolute atomic E-state index is 0.375. The molecule has 2 aromatic carbocycles. The molecule has 0 bridgehead atoms. The molecule has 2 fully saturated rings. The van der Waals surface area contributed by atoms with E-state index >= 15 is 0 Å². The van der Waals surface area contributed by atoms with Crippen LogP contribution in [-0.4, -0.2) is 48.1 Å². The van der Waals surface area contributed by atoms with Crippen molar-refractivity contribution in [2.24, 2.45) is 5.92 Å². The molecule has 0 radical (unpaired) electrons. The number of rotatable bonds is 7. The Hall–Kier alpha value is -1.84. The van der Waals surface area contributed by atoms with Gasteiger partial charge in [-0.05, 0) is 88.2 Å². The second kappa shape index (κ2) is 10.5. The van der Waals surface area contributed by atoms with Crippen LogP contribution < -0.4 is 4.74 Å². The van der Waals surface area contributed by atoms with Gasteiger partial charge in [0.25, 0.3) is 0 Å². The van der Waals surface area contributed by atoms with Gasteiger partial charge in [-0.1, -0.05) is 42.5 Å². The van der Waals surface area contributed by atoms with Gasteiger partial charge in [0.1, 0.15) is 11.9 Å². The molecular weight excluding hydrogens is 368 g/mol. The second-order valence-corrected chi connectivity index (χ2v) is 9.50. The summed E-state index contributed by atoms with van der Waals surface area (Å²) in [6.45, 7) is 10.4. The summed E-state index contributed by atoms with van der Waals surface area (Å²) in [6, 6.07) is 20.5.